The molecule has 49 heavy (non-hydrogen) atoms. The zero-order valence-corrected chi connectivity index (χ0v) is 32.1. The Morgan fingerprint density at radius 2 is 0.857 bits per heavy atom. The lowest BCUT2D eigenvalue weighted by Gasteiger charge is -2.12. The Labute approximate surface area is 302 Å². The Kier molecular flexibility index (Phi) is 31.7. The van der Waals surface area contributed by atoms with Crippen molar-refractivity contribution in [3.05, 3.63) is 72.4 Å². The monoisotopic (exact) mass is 679 g/mol. The molecule has 0 fully saturated rings. The van der Waals surface area contributed by atoms with Gasteiger partial charge in [-0.3, -0.25) is 4.79 Å². The van der Waals surface area contributed by atoms with Crippen LogP contribution in [0, 0.1) is 0 Å². The zero-order valence-electron chi connectivity index (χ0n) is 32.1. The van der Waals surface area contributed by atoms with Crippen LogP contribution in [0.2, 0.25) is 0 Å². The van der Waals surface area contributed by atoms with Crippen molar-refractivity contribution in [1.82, 2.24) is 0 Å². The summed E-state index contributed by atoms with van der Waals surface area (Å²) in [5.74, 6) is 1.30. The molecule has 0 atom stereocenters. The first-order valence-electron chi connectivity index (χ1n) is 20.3. The average molecular weight is 679 g/mol. The van der Waals surface area contributed by atoms with Crippen LogP contribution in [0.15, 0.2) is 66.8 Å². The van der Waals surface area contributed by atoms with E-state index in [4.69, 9.17) is 14.2 Å². The van der Waals surface area contributed by atoms with Gasteiger partial charge in [-0.15, -0.1) is 0 Å². The van der Waals surface area contributed by atoms with Gasteiger partial charge in [-0.05, 0) is 94.7 Å². The molecule has 0 aliphatic rings. The third-order valence-electron chi connectivity index (χ3n) is 8.74. The summed E-state index contributed by atoms with van der Waals surface area (Å²) in [6.45, 7) is 5.87. The molecule has 0 aliphatic heterocycles. The van der Waals surface area contributed by atoms with Crippen molar-refractivity contribution in [1.29, 1.82) is 0 Å². The third-order valence-corrected chi connectivity index (χ3v) is 8.74. The molecule has 0 bridgehead atoms. The summed E-state index contributed by atoms with van der Waals surface area (Å²) in [5.41, 5.74) is 0.869. The Balaban J connectivity index is 2.17. The van der Waals surface area contributed by atoms with Crippen molar-refractivity contribution in [3.63, 3.8) is 0 Å². The highest BCUT2D eigenvalue weighted by Gasteiger charge is 2.08. The van der Waals surface area contributed by atoms with Crippen molar-refractivity contribution >= 4 is 5.97 Å². The van der Waals surface area contributed by atoms with Gasteiger partial charge in [0.25, 0.3) is 0 Å². The van der Waals surface area contributed by atoms with Gasteiger partial charge in [0, 0.05) is 6.07 Å². The van der Waals surface area contributed by atoms with Crippen LogP contribution in [0.4, 0.5) is 0 Å². The second-order valence-electron chi connectivity index (χ2n) is 13.4. The second kappa shape index (κ2) is 35.1. The average Bonchev–Trinajstić information content (AvgIpc) is 3.10. The number of esters is 1. The molecule has 278 valence electrons. The number of ether oxygens (including phenoxy) is 3. The quantitative estimate of drug-likeness (QED) is 0.0413. The molecule has 4 nitrogen and oxygen atoms in total. The first kappa shape index (κ1) is 44.3. The maximum atomic E-state index is 11.9. The first-order chi connectivity index (χ1) is 24.2. The molecule has 0 aromatic heterocycles. The lowest BCUT2D eigenvalue weighted by atomic mass is 10.1. The largest absolute Gasteiger partial charge is 0.493 e. The van der Waals surface area contributed by atoms with Gasteiger partial charge < -0.3 is 14.2 Å². The predicted molar refractivity (Wildman–Crippen MR) is 212 cm³/mol. The van der Waals surface area contributed by atoms with E-state index in [0.717, 1.165) is 42.7 Å². The van der Waals surface area contributed by atoms with Crippen LogP contribution >= 0.6 is 0 Å². The molecular formula is C45H74O4. The van der Waals surface area contributed by atoms with Crippen molar-refractivity contribution < 1.29 is 19.0 Å². The number of methoxy groups -OCH3 is 1. The van der Waals surface area contributed by atoms with Crippen molar-refractivity contribution in [2.24, 2.45) is 0 Å². The Morgan fingerprint density at radius 3 is 1.24 bits per heavy atom. The summed E-state index contributed by atoms with van der Waals surface area (Å²) in [5, 5.41) is 0. The van der Waals surface area contributed by atoms with Crippen LogP contribution in [0.25, 0.3) is 0 Å². The maximum absolute atomic E-state index is 11.9. The molecular weight excluding hydrogens is 604 g/mol. The smallest absolute Gasteiger partial charge is 0.309 e. The molecule has 0 saturated heterocycles. The number of rotatable bonds is 34. The molecule has 0 unspecified atom stereocenters. The minimum absolute atomic E-state index is 0.222. The molecule has 0 aliphatic carbocycles. The molecule has 0 N–H and O–H groups in total. The van der Waals surface area contributed by atoms with Crippen LogP contribution in [-0.4, -0.2) is 26.3 Å². The van der Waals surface area contributed by atoms with Gasteiger partial charge in [0.05, 0.1) is 26.7 Å². The van der Waals surface area contributed by atoms with Gasteiger partial charge >= 0.3 is 5.97 Å². The second-order valence-corrected chi connectivity index (χ2v) is 13.4. The normalized spacial score (nSPS) is 11.9. The minimum Gasteiger partial charge on any atom is -0.493 e. The van der Waals surface area contributed by atoms with E-state index in [-0.39, 0.29) is 12.4 Å². The van der Waals surface area contributed by atoms with Gasteiger partial charge in [-0.2, -0.15) is 0 Å². The van der Waals surface area contributed by atoms with Crippen LogP contribution in [0.1, 0.15) is 174 Å². The van der Waals surface area contributed by atoms with E-state index in [2.05, 4.69) is 62.5 Å². The van der Waals surface area contributed by atoms with E-state index in [1.165, 1.54) is 136 Å². The number of carbonyl (C=O) groups excluding carboxylic acids is 1. The Morgan fingerprint density at radius 1 is 0.490 bits per heavy atom. The van der Waals surface area contributed by atoms with E-state index in [9.17, 15) is 4.79 Å². The maximum Gasteiger partial charge on any atom is 0.309 e. The van der Waals surface area contributed by atoms with Crippen molar-refractivity contribution in [2.75, 3.05) is 20.3 Å². The molecule has 0 radical (unpaired) electrons. The summed E-state index contributed by atoms with van der Waals surface area (Å²) >= 11 is 0. The molecule has 1 aromatic rings. The summed E-state index contributed by atoms with van der Waals surface area (Å²) < 4.78 is 17.1. The molecule has 1 aromatic carbocycles. The van der Waals surface area contributed by atoms with E-state index < -0.39 is 0 Å². The third kappa shape index (κ3) is 29.9. The SMILES string of the molecule is CCCCCC=CCC=CCCCCCCCCOc1cc(CC(=O)OC)cc(OCCCCCCCCC=CCC=CCCCCC)c1. The van der Waals surface area contributed by atoms with Gasteiger partial charge in [0.15, 0.2) is 0 Å². The number of unbranched alkanes of at least 4 members (excludes halogenated alkanes) is 18. The van der Waals surface area contributed by atoms with Gasteiger partial charge in [-0.1, -0.05) is 140 Å². The lowest BCUT2D eigenvalue weighted by molar-refractivity contribution is -0.139. The minimum atomic E-state index is -0.252. The molecule has 0 spiro atoms. The van der Waals surface area contributed by atoms with Gasteiger partial charge in [0.1, 0.15) is 11.5 Å². The van der Waals surface area contributed by atoms with E-state index >= 15 is 0 Å². The number of hydrogen-bond donors (Lipinski definition) is 0. The van der Waals surface area contributed by atoms with Gasteiger partial charge in [0.2, 0.25) is 0 Å². The fraction of sp³-hybridized carbons (Fsp3) is 0.667. The molecule has 4 heteroatoms. The van der Waals surface area contributed by atoms with E-state index in [0.29, 0.717) is 13.2 Å². The summed E-state index contributed by atoms with van der Waals surface area (Å²) in [7, 11) is 1.43. The van der Waals surface area contributed by atoms with Crippen molar-refractivity contribution in [3.8, 4) is 11.5 Å². The number of benzene rings is 1. The highest BCUT2D eigenvalue weighted by Crippen LogP contribution is 2.25. The van der Waals surface area contributed by atoms with E-state index in [1.54, 1.807) is 0 Å². The summed E-state index contributed by atoms with van der Waals surface area (Å²) in [6, 6.07) is 5.85. The number of hydrogen-bond acceptors (Lipinski definition) is 4. The van der Waals surface area contributed by atoms with Gasteiger partial charge in [-0.25, -0.2) is 0 Å². The summed E-state index contributed by atoms with van der Waals surface area (Å²) in [6.07, 6.45) is 48.3. The zero-order chi connectivity index (χ0) is 35.3. The standard InChI is InChI=1S/C45H74O4/c1-4-6-8-10-12-14-16-18-20-22-24-26-28-30-32-34-36-48-43-38-42(40-45(46)47-3)39-44(41-43)49-37-35-33-31-29-27-25-23-21-19-17-15-13-11-9-7-5-2/h12-15,18-21,38-39,41H,4-11,16-17,22-37,40H2,1-3H3. The topological polar surface area (TPSA) is 44.8 Å². The Bertz CT molecular complexity index is 937. The molecule has 1 rings (SSSR count). The fourth-order valence-corrected chi connectivity index (χ4v) is 5.70. The molecule has 0 heterocycles. The number of carbonyl (C=O) groups is 1. The number of allylic oxidation sites excluding steroid dienone is 8. The van der Waals surface area contributed by atoms with Crippen LogP contribution < -0.4 is 9.47 Å². The lowest BCUT2D eigenvalue weighted by Crippen LogP contribution is -2.06. The molecule has 0 saturated carbocycles. The fourth-order valence-electron chi connectivity index (χ4n) is 5.70. The first-order valence-corrected chi connectivity index (χ1v) is 20.3. The highest BCUT2D eigenvalue weighted by atomic mass is 16.5. The Hall–Kier alpha value is -2.75. The molecule has 0 amide bonds. The predicted octanol–water partition coefficient (Wildman–Crippen LogP) is 13.8. The van der Waals surface area contributed by atoms with Crippen molar-refractivity contribution in [2.45, 2.75) is 174 Å². The van der Waals surface area contributed by atoms with Crippen LogP contribution in [-0.2, 0) is 16.0 Å². The van der Waals surface area contributed by atoms with Crippen LogP contribution in [0.5, 0.6) is 11.5 Å². The van der Waals surface area contributed by atoms with E-state index in [1.807, 2.05) is 18.2 Å². The highest BCUT2D eigenvalue weighted by molar-refractivity contribution is 5.72. The van der Waals surface area contributed by atoms with Crippen LogP contribution in [0.3, 0.4) is 0 Å². The summed E-state index contributed by atoms with van der Waals surface area (Å²) in [4.78, 5) is 11.9.